The van der Waals surface area contributed by atoms with E-state index in [4.69, 9.17) is 4.74 Å². The van der Waals surface area contributed by atoms with Crippen LogP contribution in [0, 0.1) is 0 Å². The fourth-order valence-corrected chi connectivity index (χ4v) is 3.80. The number of thiophene rings is 1. The van der Waals surface area contributed by atoms with Crippen LogP contribution in [-0.2, 0) is 4.79 Å². The minimum absolute atomic E-state index is 0.00211. The third-order valence-corrected chi connectivity index (χ3v) is 5.35. The van der Waals surface area contributed by atoms with E-state index in [1.165, 1.54) is 11.3 Å². The first-order valence-corrected chi connectivity index (χ1v) is 9.15. The normalized spacial score (nSPS) is 16.7. The lowest BCUT2D eigenvalue weighted by Gasteiger charge is -2.35. The zero-order chi connectivity index (χ0) is 17.2. The number of benzene rings is 1. The summed E-state index contributed by atoms with van der Waals surface area (Å²) in [5.74, 6) is 0.861. The molecule has 1 saturated heterocycles. The van der Waals surface area contributed by atoms with Crippen molar-refractivity contribution in [3.63, 3.8) is 0 Å². The molecule has 5 nitrogen and oxygen atoms in total. The lowest BCUT2D eigenvalue weighted by atomic mass is 10.1. The van der Waals surface area contributed by atoms with E-state index in [1.807, 2.05) is 52.8 Å². The van der Waals surface area contributed by atoms with Crippen molar-refractivity contribution in [2.45, 2.75) is 0 Å². The maximum absolute atomic E-state index is 12.7. The molecule has 0 N–H and O–H groups in total. The highest BCUT2D eigenvalue weighted by molar-refractivity contribution is 7.12. The van der Waals surface area contributed by atoms with E-state index in [2.05, 4.69) is 0 Å². The fourth-order valence-electron chi connectivity index (χ4n) is 3.11. The third-order valence-electron chi connectivity index (χ3n) is 4.49. The summed E-state index contributed by atoms with van der Waals surface area (Å²) in [5, 5.41) is 1.90. The van der Waals surface area contributed by atoms with E-state index >= 15 is 0 Å². The molecule has 1 aromatic heterocycles. The molecule has 3 heterocycles. The monoisotopic (exact) mass is 354 g/mol. The molecule has 0 bridgehead atoms. The average molecular weight is 354 g/mol. The number of rotatable bonds is 2. The summed E-state index contributed by atoms with van der Waals surface area (Å²) in [5.41, 5.74) is 1.60. The van der Waals surface area contributed by atoms with E-state index < -0.39 is 0 Å². The van der Waals surface area contributed by atoms with Gasteiger partial charge in [-0.25, -0.2) is 0 Å². The molecular formula is C19H18N2O3S. The van der Waals surface area contributed by atoms with Gasteiger partial charge in [-0.1, -0.05) is 24.3 Å². The second-order valence-electron chi connectivity index (χ2n) is 6.06. The fraction of sp³-hybridized carbons (Fsp3) is 0.263. The highest BCUT2D eigenvalue weighted by atomic mass is 32.1. The zero-order valence-electron chi connectivity index (χ0n) is 13.7. The molecule has 1 fully saturated rings. The van der Waals surface area contributed by atoms with Crippen LogP contribution in [0.1, 0.15) is 15.2 Å². The Kier molecular flexibility index (Phi) is 4.28. The Morgan fingerprint density at radius 1 is 0.920 bits per heavy atom. The highest BCUT2D eigenvalue weighted by Gasteiger charge is 2.28. The number of amides is 2. The van der Waals surface area contributed by atoms with E-state index in [1.54, 1.807) is 4.90 Å². The van der Waals surface area contributed by atoms with Crippen molar-refractivity contribution in [1.29, 1.82) is 0 Å². The lowest BCUT2D eigenvalue weighted by Crippen LogP contribution is -2.51. The van der Waals surface area contributed by atoms with Crippen molar-refractivity contribution in [3.8, 4) is 5.75 Å². The number of fused-ring (bicyclic) bond motifs is 1. The minimum Gasteiger partial charge on any atom is -0.488 e. The van der Waals surface area contributed by atoms with Crippen molar-refractivity contribution in [1.82, 2.24) is 9.80 Å². The predicted octanol–water partition coefficient (Wildman–Crippen LogP) is 2.51. The highest BCUT2D eigenvalue weighted by Crippen LogP contribution is 2.26. The molecule has 6 heteroatoms. The van der Waals surface area contributed by atoms with Crippen LogP contribution in [0.25, 0.3) is 6.08 Å². The Balaban J connectivity index is 1.40. The van der Waals surface area contributed by atoms with Gasteiger partial charge in [0.2, 0.25) is 0 Å². The van der Waals surface area contributed by atoms with E-state index in [0.29, 0.717) is 38.4 Å². The molecule has 2 amide bonds. The second kappa shape index (κ2) is 6.72. The van der Waals surface area contributed by atoms with Crippen LogP contribution in [0.3, 0.4) is 0 Å². The predicted molar refractivity (Wildman–Crippen MR) is 96.7 cm³/mol. The number of nitrogens with zero attached hydrogens (tertiary/aromatic N) is 2. The molecule has 2 aliphatic rings. The molecule has 0 unspecified atom stereocenters. The third kappa shape index (κ3) is 3.17. The van der Waals surface area contributed by atoms with Crippen LogP contribution in [0.15, 0.2) is 47.4 Å². The van der Waals surface area contributed by atoms with Crippen LogP contribution >= 0.6 is 11.3 Å². The van der Waals surface area contributed by atoms with Crippen molar-refractivity contribution in [3.05, 3.63) is 57.8 Å². The van der Waals surface area contributed by atoms with Gasteiger partial charge in [-0.2, -0.15) is 0 Å². The van der Waals surface area contributed by atoms with Crippen molar-refractivity contribution < 1.29 is 14.3 Å². The van der Waals surface area contributed by atoms with Gasteiger partial charge < -0.3 is 14.5 Å². The smallest absolute Gasteiger partial charge is 0.264 e. The summed E-state index contributed by atoms with van der Waals surface area (Å²) in [6.45, 7) is 2.52. The first-order valence-electron chi connectivity index (χ1n) is 8.27. The molecule has 0 radical (unpaired) electrons. The van der Waals surface area contributed by atoms with Gasteiger partial charge in [0.05, 0.1) is 10.5 Å². The number of hydrogen-bond donors (Lipinski definition) is 0. The molecule has 0 saturated carbocycles. The summed E-state index contributed by atoms with van der Waals surface area (Å²) < 4.78 is 5.68. The number of para-hydroxylation sites is 1. The van der Waals surface area contributed by atoms with Gasteiger partial charge in [-0.15, -0.1) is 11.3 Å². The van der Waals surface area contributed by atoms with Crippen LogP contribution in [0.2, 0.25) is 0 Å². The summed E-state index contributed by atoms with van der Waals surface area (Å²) >= 11 is 1.45. The van der Waals surface area contributed by atoms with Gasteiger partial charge in [0.25, 0.3) is 11.8 Å². The number of ether oxygens (including phenoxy) is 1. The Morgan fingerprint density at radius 3 is 2.36 bits per heavy atom. The molecule has 1 aromatic carbocycles. The molecule has 4 rings (SSSR count). The van der Waals surface area contributed by atoms with Crippen molar-refractivity contribution >= 4 is 29.2 Å². The Morgan fingerprint density at radius 2 is 1.64 bits per heavy atom. The molecule has 128 valence electrons. The topological polar surface area (TPSA) is 49.9 Å². The van der Waals surface area contributed by atoms with Gasteiger partial charge in [-0.05, 0) is 23.6 Å². The van der Waals surface area contributed by atoms with Gasteiger partial charge >= 0.3 is 0 Å². The Hall–Kier alpha value is -2.60. The van der Waals surface area contributed by atoms with Crippen LogP contribution in [-0.4, -0.2) is 54.4 Å². The molecule has 2 aliphatic heterocycles. The largest absolute Gasteiger partial charge is 0.488 e. The SMILES string of the molecule is O=C(C1=Cc2ccccc2OC1)N1CCN(C(=O)c2cccs2)CC1. The van der Waals surface area contributed by atoms with Crippen LogP contribution < -0.4 is 4.74 Å². The number of carbonyl (C=O) groups is 2. The summed E-state index contributed by atoms with van der Waals surface area (Å²) in [6.07, 6.45) is 1.91. The summed E-state index contributed by atoms with van der Waals surface area (Å²) in [6, 6.07) is 11.4. The van der Waals surface area contributed by atoms with Crippen LogP contribution in [0.4, 0.5) is 0 Å². The van der Waals surface area contributed by atoms with Crippen molar-refractivity contribution in [2.75, 3.05) is 32.8 Å². The maximum atomic E-state index is 12.7. The standard InChI is InChI=1S/C19H18N2O3S/c22-18(15-12-14-4-1-2-5-16(14)24-13-15)20-7-9-21(10-8-20)19(23)17-6-3-11-25-17/h1-6,11-12H,7-10,13H2. The zero-order valence-corrected chi connectivity index (χ0v) is 14.5. The van der Waals surface area contributed by atoms with E-state index in [9.17, 15) is 9.59 Å². The minimum atomic E-state index is -0.00211. The average Bonchev–Trinajstić information content (AvgIpc) is 3.21. The number of hydrogen-bond acceptors (Lipinski definition) is 4. The quantitative estimate of drug-likeness (QED) is 0.833. The maximum Gasteiger partial charge on any atom is 0.264 e. The van der Waals surface area contributed by atoms with Crippen LogP contribution in [0.5, 0.6) is 5.75 Å². The molecule has 0 atom stereocenters. The molecule has 2 aromatic rings. The van der Waals surface area contributed by atoms with Gasteiger partial charge in [0.15, 0.2) is 0 Å². The molecule has 0 aliphatic carbocycles. The van der Waals surface area contributed by atoms with E-state index in [-0.39, 0.29) is 11.8 Å². The van der Waals surface area contributed by atoms with Gasteiger partial charge in [0, 0.05) is 31.7 Å². The van der Waals surface area contributed by atoms with Crippen molar-refractivity contribution in [2.24, 2.45) is 0 Å². The van der Waals surface area contributed by atoms with E-state index in [0.717, 1.165) is 16.2 Å². The first-order chi connectivity index (χ1) is 12.2. The van der Waals surface area contributed by atoms with Gasteiger partial charge in [-0.3, -0.25) is 9.59 Å². The molecule has 0 spiro atoms. The molecular weight excluding hydrogens is 336 g/mol. The number of piperazine rings is 1. The first kappa shape index (κ1) is 15.9. The van der Waals surface area contributed by atoms with Gasteiger partial charge in [0.1, 0.15) is 12.4 Å². The lowest BCUT2D eigenvalue weighted by molar-refractivity contribution is -0.128. The Labute approximate surface area is 150 Å². The molecule has 25 heavy (non-hydrogen) atoms. The summed E-state index contributed by atoms with van der Waals surface area (Å²) in [7, 11) is 0. The number of carbonyl (C=O) groups excluding carboxylic acids is 2. The second-order valence-corrected chi connectivity index (χ2v) is 7.01. The Bertz CT molecular complexity index is 821. The summed E-state index contributed by atoms with van der Waals surface area (Å²) in [4.78, 5) is 29.5.